The Balaban J connectivity index is 1.69. The van der Waals surface area contributed by atoms with Crippen molar-refractivity contribution in [2.45, 2.75) is 43.6 Å². The fourth-order valence-corrected chi connectivity index (χ4v) is 4.25. The van der Waals surface area contributed by atoms with Gasteiger partial charge in [-0.1, -0.05) is 37.2 Å². The van der Waals surface area contributed by atoms with Crippen molar-refractivity contribution in [1.82, 2.24) is 19.2 Å². The maximum Gasteiger partial charge on any atom is 0.262 e. The van der Waals surface area contributed by atoms with Gasteiger partial charge in [-0.2, -0.15) is 0 Å². The van der Waals surface area contributed by atoms with Gasteiger partial charge in [0.25, 0.3) is 5.56 Å². The van der Waals surface area contributed by atoms with E-state index in [1.165, 1.54) is 0 Å². The van der Waals surface area contributed by atoms with Crippen molar-refractivity contribution in [3.63, 3.8) is 0 Å². The number of hydrogen-bond acceptors (Lipinski definition) is 5. The minimum atomic E-state index is -1.66. The highest BCUT2D eigenvalue weighted by molar-refractivity contribution is 8.00. The van der Waals surface area contributed by atoms with Crippen LogP contribution in [0.5, 0.6) is 0 Å². The number of nitrogens with zero attached hydrogens (tertiary/aromatic N) is 4. The fraction of sp³-hybridized carbons (Fsp3) is 0.273. The molecule has 4 aromatic rings. The first kappa shape index (κ1) is 22.8. The summed E-state index contributed by atoms with van der Waals surface area (Å²) in [5.74, 6) is -4.75. The second-order valence-corrected chi connectivity index (χ2v) is 8.73. The van der Waals surface area contributed by atoms with E-state index in [2.05, 4.69) is 15.5 Å². The molecule has 0 fully saturated rings. The highest BCUT2D eigenvalue weighted by atomic mass is 32.2. The van der Waals surface area contributed by atoms with Crippen LogP contribution in [0.4, 0.5) is 18.9 Å². The van der Waals surface area contributed by atoms with E-state index < -0.39 is 34.3 Å². The number of benzene rings is 2. The zero-order valence-electron chi connectivity index (χ0n) is 17.8. The van der Waals surface area contributed by atoms with Gasteiger partial charge in [0.1, 0.15) is 0 Å². The number of hydrogen-bond donors (Lipinski definition) is 1. The van der Waals surface area contributed by atoms with Crippen LogP contribution in [0, 0.1) is 17.5 Å². The summed E-state index contributed by atoms with van der Waals surface area (Å²) in [7, 11) is 0. The Labute approximate surface area is 190 Å². The molecule has 0 bridgehead atoms. The molecule has 0 saturated heterocycles. The van der Waals surface area contributed by atoms with Crippen LogP contribution < -0.4 is 10.9 Å². The molecule has 7 nitrogen and oxygen atoms in total. The number of carbonyl (C=O) groups is 1. The highest BCUT2D eigenvalue weighted by Crippen LogP contribution is 2.27. The monoisotopic (exact) mass is 475 g/mol. The average Bonchev–Trinajstić information content (AvgIpc) is 3.22. The number of rotatable bonds is 7. The lowest BCUT2D eigenvalue weighted by Crippen LogP contribution is -2.24. The molecule has 0 radical (unpaired) electrons. The molecule has 2 heterocycles. The van der Waals surface area contributed by atoms with Crippen molar-refractivity contribution in [1.29, 1.82) is 0 Å². The van der Waals surface area contributed by atoms with Crippen molar-refractivity contribution >= 4 is 40.0 Å². The fourth-order valence-electron chi connectivity index (χ4n) is 3.40. The van der Waals surface area contributed by atoms with Crippen LogP contribution in [-0.2, 0) is 11.3 Å². The number of halogens is 3. The normalized spacial score (nSPS) is 12.4. The number of nitrogens with one attached hydrogen (secondary N) is 1. The number of fused-ring (bicyclic) bond motifs is 3. The number of thioether (sulfide) groups is 1. The van der Waals surface area contributed by atoms with Crippen LogP contribution in [0.3, 0.4) is 0 Å². The van der Waals surface area contributed by atoms with Gasteiger partial charge in [0.15, 0.2) is 22.6 Å². The molecule has 0 saturated carbocycles. The molecular formula is C22H20F3N5O2S. The number of para-hydroxylation sites is 1. The lowest BCUT2D eigenvalue weighted by atomic mass is 10.2. The van der Waals surface area contributed by atoms with Crippen LogP contribution in [0.25, 0.3) is 16.7 Å². The number of carbonyl (C=O) groups excluding carboxylic acids is 1. The maximum absolute atomic E-state index is 13.9. The molecule has 1 unspecified atom stereocenters. The molecule has 0 aliphatic carbocycles. The molecule has 11 heteroatoms. The number of aryl methyl sites for hydroxylation is 1. The minimum Gasteiger partial charge on any atom is -0.323 e. The first-order valence-electron chi connectivity index (χ1n) is 10.3. The van der Waals surface area contributed by atoms with Crippen LogP contribution >= 0.6 is 11.8 Å². The second-order valence-electron chi connectivity index (χ2n) is 7.42. The molecule has 1 atom stereocenters. The van der Waals surface area contributed by atoms with Gasteiger partial charge < -0.3 is 5.32 Å². The smallest absolute Gasteiger partial charge is 0.262 e. The van der Waals surface area contributed by atoms with Gasteiger partial charge in [0, 0.05) is 6.54 Å². The Morgan fingerprint density at radius 2 is 1.88 bits per heavy atom. The zero-order valence-corrected chi connectivity index (χ0v) is 18.6. The summed E-state index contributed by atoms with van der Waals surface area (Å²) in [6, 6.07) is 8.73. The van der Waals surface area contributed by atoms with E-state index in [0.717, 1.165) is 36.7 Å². The Morgan fingerprint density at radius 3 is 2.64 bits per heavy atom. The Hall–Kier alpha value is -3.34. The van der Waals surface area contributed by atoms with Gasteiger partial charge in [-0.25, -0.2) is 13.2 Å². The molecule has 1 amide bonds. The average molecular weight is 475 g/mol. The number of unbranched alkanes of at least 4 members (excludes halogenated alkanes) is 1. The third-order valence-corrected chi connectivity index (χ3v) is 6.20. The summed E-state index contributed by atoms with van der Waals surface area (Å²) in [6.07, 6.45) is 1.67. The van der Waals surface area contributed by atoms with Crippen LogP contribution in [0.2, 0.25) is 0 Å². The molecule has 4 rings (SSSR count). The summed E-state index contributed by atoms with van der Waals surface area (Å²) < 4.78 is 43.8. The van der Waals surface area contributed by atoms with Gasteiger partial charge in [-0.3, -0.25) is 18.6 Å². The Kier molecular flexibility index (Phi) is 6.41. The number of aromatic nitrogens is 4. The molecule has 2 aromatic carbocycles. The summed E-state index contributed by atoms with van der Waals surface area (Å²) in [4.78, 5) is 25.6. The van der Waals surface area contributed by atoms with Crippen LogP contribution in [-0.4, -0.2) is 30.3 Å². The highest BCUT2D eigenvalue weighted by Gasteiger charge is 2.23. The van der Waals surface area contributed by atoms with Crippen molar-refractivity contribution in [2.75, 3.05) is 5.32 Å². The van der Waals surface area contributed by atoms with Gasteiger partial charge in [0.2, 0.25) is 11.7 Å². The summed E-state index contributed by atoms with van der Waals surface area (Å²) >= 11 is 1.05. The van der Waals surface area contributed by atoms with E-state index in [-0.39, 0.29) is 5.56 Å². The van der Waals surface area contributed by atoms with Gasteiger partial charge in [0.05, 0.1) is 21.8 Å². The topological polar surface area (TPSA) is 81.3 Å². The van der Waals surface area contributed by atoms with E-state index in [1.54, 1.807) is 40.2 Å². The summed E-state index contributed by atoms with van der Waals surface area (Å²) in [6.45, 7) is 4.05. The van der Waals surface area contributed by atoms with Crippen molar-refractivity contribution in [3.05, 3.63) is 64.2 Å². The van der Waals surface area contributed by atoms with Crippen molar-refractivity contribution < 1.29 is 18.0 Å². The van der Waals surface area contributed by atoms with Crippen molar-refractivity contribution in [2.24, 2.45) is 0 Å². The van der Waals surface area contributed by atoms with Gasteiger partial charge in [-0.15, -0.1) is 10.2 Å². The first-order chi connectivity index (χ1) is 15.8. The van der Waals surface area contributed by atoms with Crippen LogP contribution in [0.1, 0.15) is 26.7 Å². The molecule has 0 spiro atoms. The largest absolute Gasteiger partial charge is 0.323 e. The maximum atomic E-state index is 13.9. The Bertz CT molecular complexity index is 1420. The molecule has 2 aromatic heterocycles. The molecule has 172 valence electrons. The Morgan fingerprint density at radius 1 is 1.12 bits per heavy atom. The third-order valence-electron chi connectivity index (χ3n) is 5.16. The standard InChI is InChI=1S/C22H20F3N5O2S/c1-3-4-11-29-20(32)13-7-5-6-8-16(13)30-21(29)27-28-22(30)33-12(2)19(31)26-15-10-9-14(23)17(24)18(15)25/h5-10,12H,3-4,11H2,1-2H3,(H,26,31). The molecule has 33 heavy (non-hydrogen) atoms. The van der Waals surface area contributed by atoms with E-state index in [9.17, 15) is 22.8 Å². The van der Waals surface area contributed by atoms with E-state index in [4.69, 9.17) is 0 Å². The summed E-state index contributed by atoms with van der Waals surface area (Å²) in [5.41, 5.74) is -0.0385. The lowest BCUT2D eigenvalue weighted by Gasteiger charge is -2.13. The van der Waals surface area contributed by atoms with Crippen molar-refractivity contribution in [3.8, 4) is 0 Å². The van der Waals surface area contributed by atoms with Crippen LogP contribution in [0.15, 0.2) is 46.3 Å². The number of anilines is 1. The predicted molar refractivity (Wildman–Crippen MR) is 120 cm³/mol. The quantitative estimate of drug-likeness (QED) is 0.317. The minimum absolute atomic E-state index is 0.171. The predicted octanol–water partition coefficient (Wildman–Crippen LogP) is 4.38. The third kappa shape index (κ3) is 4.20. The molecule has 0 aliphatic rings. The lowest BCUT2D eigenvalue weighted by molar-refractivity contribution is -0.115. The SMILES string of the molecule is CCCCn1c(=O)c2ccccc2n2c(SC(C)C(=O)Nc3ccc(F)c(F)c3F)nnc12. The van der Waals surface area contributed by atoms with E-state index in [1.807, 2.05) is 6.92 Å². The summed E-state index contributed by atoms with van der Waals surface area (Å²) in [5, 5.41) is 10.7. The molecule has 1 N–H and O–H groups in total. The van der Waals surface area contributed by atoms with E-state index in [0.29, 0.717) is 28.4 Å². The first-order valence-corrected chi connectivity index (χ1v) is 11.2. The van der Waals surface area contributed by atoms with Gasteiger partial charge >= 0.3 is 0 Å². The van der Waals surface area contributed by atoms with Gasteiger partial charge in [-0.05, 0) is 37.6 Å². The zero-order chi connectivity index (χ0) is 23.7. The molecular weight excluding hydrogens is 455 g/mol. The van der Waals surface area contributed by atoms with E-state index >= 15 is 0 Å². The molecule has 0 aliphatic heterocycles. The number of amides is 1. The second kappa shape index (κ2) is 9.26.